The summed E-state index contributed by atoms with van der Waals surface area (Å²) in [6.07, 6.45) is 2.81. The van der Waals surface area contributed by atoms with Gasteiger partial charge in [0.25, 0.3) is 0 Å². The summed E-state index contributed by atoms with van der Waals surface area (Å²) in [6.45, 7) is 4.25. The number of amides is 1. The van der Waals surface area contributed by atoms with Gasteiger partial charge in [0.05, 0.1) is 6.42 Å². The highest BCUT2D eigenvalue weighted by atomic mass is 32.1. The predicted octanol–water partition coefficient (Wildman–Crippen LogP) is 2.31. The largest absolute Gasteiger partial charge is 0.300 e. The van der Waals surface area contributed by atoms with Gasteiger partial charge in [0.1, 0.15) is 5.01 Å². The molecule has 0 aromatic carbocycles. The Morgan fingerprint density at radius 3 is 2.89 bits per heavy atom. The smallest absolute Gasteiger partial charge is 0.232 e. The Balaban J connectivity index is 1.90. The van der Waals surface area contributed by atoms with Gasteiger partial charge < -0.3 is 5.32 Å². The van der Waals surface area contributed by atoms with E-state index in [2.05, 4.69) is 34.3 Å². The number of nitrogens with zero attached hydrogens (tertiary/aromatic N) is 3. The van der Waals surface area contributed by atoms with E-state index >= 15 is 0 Å². The summed E-state index contributed by atoms with van der Waals surface area (Å²) in [5.41, 5.74) is 0.743. The summed E-state index contributed by atoms with van der Waals surface area (Å²) in [5, 5.41) is 12.3. The van der Waals surface area contributed by atoms with Crippen LogP contribution in [0.3, 0.4) is 0 Å². The first-order valence-electron chi connectivity index (χ1n) is 6.15. The molecule has 2 aromatic rings. The molecular formula is C13H16N4OS. The fraction of sp³-hybridized carbons (Fsp3) is 0.385. The summed E-state index contributed by atoms with van der Waals surface area (Å²) in [4.78, 5) is 15.9. The van der Waals surface area contributed by atoms with Gasteiger partial charge in [-0.25, -0.2) is 0 Å². The zero-order valence-electron chi connectivity index (χ0n) is 11.0. The van der Waals surface area contributed by atoms with Crippen LogP contribution >= 0.6 is 11.3 Å². The number of carbonyl (C=O) groups is 1. The number of anilines is 1. The molecule has 100 valence electrons. The second kappa shape index (κ2) is 6.38. The minimum Gasteiger partial charge on any atom is -0.300 e. The number of hydrogen-bond donors (Lipinski definition) is 1. The van der Waals surface area contributed by atoms with Crippen molar-refractivity contribution in [3.8, 4) is 0 Å². The molecule has 0 atom stereocenters. The van der Waals surface area contributed by atoms with Crippen molar-refractivity contribution in [3.05, 3.63) is 35.1 Å². The van der Waals surface area contributed by atoms with Crippen LogP contribution in [0.4, 0.5) is 5.13 Å². The number of carbonyl (C=O) groups excluding carboxylic acids is 1. The van der Waals surface area contributed by atoms with Gasteiger partial charge in [-0.05, 0) is 18.1 Å². The zero-order valence-corrected chi connectivity index (χ0v) is 11.8. The van der Waals surface area contributed by atoms with Crippen LogP contribution in [-0.2, 0) is 17.6 Å². The van der Waals surface area contributed by atoms with E-state index in [-0.39, 0.29) is 12.3 Å². The van der Waals surface area contributed by atoms with Crippen molar-refractivity contribution in [1.29, 1.82) is 0 Å². The van der Waals surface area contributed by atoms with E-state index in [9.17, 15) is 4.79 Å². The lowest BCUT2D eigenvalue weighted by Gasteiger charge is -2.00. The van der Waals surface area contributed by atoms with Gasteiger partial charge >= 0.3 is 0 Å². The van der Waals surface area contributed by atoms with Gasteiger partial charge in [-0.15, -0.1) is 10.2 Å². The van der Waals surface area contributed by atoms with E-state index in [0.717, 1.165) is 17.1 Å². The fourth-order valence-electron chi connectivity index (χ4n) is 1.57. The van der Waals surface area contributed by atoms with Gasteiger partial charge in [0.15, 0.2) is 0 Å². The maximum absolute atomic E-state index is 11.8. The number of aromatic nitrogens is 3. The van der Waals surface area contributed by atoms with Crippen molar-refractivity contribution in [3.63, 3.8) is 0 Å². The van der Waals surface area contributed by atoms with Crippen molar-refractivity contribution in [1.82, 2.24) is 15.2 Å². The molecule has 1 amide bonds. The van der Waals surface area contributed by atoms with Crippen LogP contribution in [0.2, 0.25) is 0 Å². The second-order valence-electron chi connectivity index (χ2n) is 4.64. The third-order valence-corrected chi connectivity index (χ3v) is 3.22. The lowest BCUT2D eigenvalue weighted by Crippen LogP contribution is -2.14. The van der Waals surface area contributed by atoms with E-state index in [1.165, 1.54) is 11.3 Å². The Hall–Kier alpha value is -1.82. The molecule has 0 spiro atoms. The average molecular weight is 276 g/mol. The SMILES string of the molecule is CC(C)Cc1nnc(NC(=O)Cc2ccccn2)s1. The summed E-state index contributed by atoms with van der Waals surface area (Å²) in [7, 11) is 0. The molecule has 0 unspecified atom stereocenters. The van der Waals surface area contributed by atoms with Crippen molar-refractivity contribution < 1.29 is 4.79 Å². The molecule has 2 aromatic heterocycles. The van der Waals surface area contributed by atoms with E-state index in [1.54, 1.807) is 6.20 Å². The van der Waals surface area contributed by atoms with Crippen molar-refractivity contribution in [2.75, 3.05) is 5.32 Å². The molecule has 0 saturated heterocycles. The Morgan fingerprint density at radius 1 is 1.37 bits per heavy atom. The molecule has 6 heteroatoms. The standard InChI is InChI=1S/C13H16N4OS/c1-9(2)7-12-16-17-13(19-12)15-11(18)8-10-5-3-4-6-14-10/h3-6,9H,7-8H2,1-2H3,(H,15,17,18). The highest BCUT2D eigenvalue weighted by molar-refractivity contribution is 7.15. The highest BCUT2D eigenvalue weighted by Gasteiger charge is 2.10. The molecule has 19 heavy (non-hydrogen) atoms. The van der Waals surface area contributed by atoms with E-state index in [1.807, 2.05) is 18.2 Å². The quantitative estimate of drug-likeness (QED) is 0.910. The summed E-state index contributed by atoms with van der Waals surface area (Å²) < 4.78 is 0. The number of hydrogen-bond acceptors (Lipinski definition) is 5. The third kappa shape index (κ3) is 4.40. The maximum Gasteiger partial charge on any atom is 0.232 e. The molecule has 2 rings (SSSR count). The van der Waals surface area contributed by atoms with Gasteiger partial charge in [-0.1, -0.05) is 31.3 Å². The van der Waals surface area contributed by atoms with Gasteiger partial charge in [-0.2, -0.15) is 0 Å². The van der Waals surface area contributed by atoms with Crippen LogP contribution in [0.15, 0.2) is 24.4 Å². The van der Waals surface area contributed by atoms with Crippen molar-refractivity contribution >= 4 is 22.4 Å². The van der Waals surface area contributed by atoms with Crippen LogP contribution in [0.1, 0.15) is 24.5 Å². The Morgan fingerprint density at radius 2 is 2.21 bits per heavy atom. The lowest BCUT2D eigenvalue weighted by molar-refractivity contribution is -0.115. The average Bonchev–Trinajstić information content (AvgIpc) is 2.76. The number of pyridine rings is 1. The van der Waals surface area contributed by atoms with Crippen LogP contribution in [-0.4, -0.2) is 21.1 Å². The van der Waals surface area contributed by atoms with Gasteiger partial charge in [0.2, 0.25) is 11.0 Å². The Kier molecular flexibility index (Phi) is 4.57. The lowest BCUT2D eigenvalue weighted by atomic mass is 10.1. The molecule has 2 heterocycles. The van der Waals surface area contributed by atoms with Gasteiger partial charge in [-0.3, -0.25) is 9.78 Å². The Bertz CT molecular complexity index is 539. The monoisotopic (exact) mass is 276 g/mol. The molecule has 0 fully saturated rings. The minimum atomic E-state index is -0.119. The van der Waals surface area contributed by atoms with Crippen LogP contribution in [0.25, 0.3) is 0 Å². The Labute approximate surface area is 116 Å². The molecule has 5 nitrogen and oxygen atoms in total. The molecule has 1 N–H and O–H groups in total. The van der Waals surface area contributed by atoms with Crippen molar-refractivity contribution in [2.45, 2.75) is 26.7 Å². The molecular weight excluding hydrogens is 260 g/mol. The molecule has 0 bridgehead atoms. The number of rotatable bonds is 5. The first-order valence-corrected chi connectivity index (χ1v) is 6.97. The predicted molar refractivity (Wildman–Crippen MR) is 75.0 cm³/mol. The van der Waals surface area contributed by atoms with E-state index in [0.29, 0.717) is 11.0 Å². The molecule has 0 aliphatic rings. The molecule has 0 aliphatic heterocycles. The van der Waals surface area contributed by atoms with Gasteiger partial charge in [0, 0.05) is 18.3 Å². The molecule has 0 saturated carbocycles. The minimum absolute atomic E-state index is 0.119. The normalized spacial score (nSPS) is 10.7. The molecule has 0 radical (unpaired) electrons. The van der Waals surface area contributed by atoms with Crippen LogP contribution in [0.5, 0.6) is 0 Å². The second-order valence-corrected chi connectivity index (χ2v) is 5.71. The first-order chi connectivity index (χ1) is 9.13. The third-order valence-electron chi connectivity index (χ3n) is 2.36. The summed E-state index contributed by atoms with van der Waals surface area (Å²) >= 11 is 1.43. The van der Waals surface area contributed by atoms with Crippen molar-refractivity contribution in [2.24, 2.45) is 5.92 Å². The topological polar surface area (TPSA) is 67.8 Å². The highest BCUT2D eigenvalue weighted by Crippen LogP contribution is 2.18. The van der Waals surface area contributed by atoms with E-state index < -0.39 is 0 Å². The van der Waals surface area contributed by atoms with Crippen LogP contribution in [0, 0.1) is 5.92 Å². The fourth-order valence-corrected chi connectivity index (χ4v) is 2.53. The first kappa shape index (κ1) is 13.6. The summed E-state index contributed by atoms with van der Waals surface area (Å²) in [5.74, 6) is 0.413. The maximum atomic E-state index is 11.8. The van der Waals surface area contributed by atoms with Crippen LogP contribution < -0.4 is 5.32 Å². The summed E-state index contributed by atoms with van der Waals surface area (Å²) in [6, 6.07) is 5.51. The molecule has 0 aliphatic carbocycles. The van der Waals surface area contributed by atoms with E-state index in [4.69, 9.17) is 0 Å². The number of nitrogens with one attached hydrogen (secondary N) is 1. The zero-order chi connectivity index (χ0) is 13.7.